The van der Waals surface area contributed by atoms with E-state index in [0.29, 0.717) is 30.9 Å². The van der Waals surface area contributed by atoms with E-state index in [1.807, 2.05) is 53.2 Å². The molecule has 1 fully saturated rings. The van der Waals surface area contributed by atoms with Gasteiger partial charge in [0.1, 0.15) is 11.5 Å². The number of hydrogen-bond acceptors (Lipinski definition) is 8. The number of fused-ring (bicyclic) bond motifs is 1. The van der Waals surface area contributed by atoms with Gasteiger partial charge in [-0.15, -0.1) is 5.10 Å². The first-order valence-electron chi connectivity index (χ1n) is 13.0. The van der Waals surface area contributed by atoms with Gasteiger partial charge in [-0.25, -0.2) is 4.68 Å². The van der Waals surface area contributed by atoms with Crippen molar-refractivity contribution in [2.45, 2.75) is 58.0 Å². The Morgan fingerprint density at radius 2 is 1.89 bits per heavy atom. The molecule has 2 aromatic heterocycles. The van der Waals surface area contributed by atoms with E-state index >= 15 is 0 Å². The van der Waals surface area contributed by atoms with Crippen LogP contribution < -0.4 is 15.0 Å². The molecule has 5 rings (SSSR count). The number of nitrogens with one attached hydrogen (secondary N) is 1. The van der Waals surface area contributed by atoms with Gasteiger partial charge in [0, 0.05) is 31.3 Å². The highest BCUT2D eigenvalue weighted by atomic mass is 16.5. The zero-order valence-electron chi connectivity index (χ0n) is 22.1. The van der Waals surface area contributed by atoms with Crippen LogP contribution in [0.5, 0.6) is 11.5 Å². The normalized spacial score (nSPS) is 16.3. The predicted octanol–water partition coefficient (Wildman–Crippen LogP) is 3.86. The average molecular weight is 519 g/mol. The third kappa shape index (κ3) is 5.71. The molecule has 200 valence electrons. The van der Waals surface area contributed by atoms with E-state index in [-0.39, 0.29) is 17.7 Å². The summed E-state index contributed by atoms with van der Waals surface area (Å²) in [7, 11) is 3.27. The van der Waals surface area contributed by atoms with Gasteiger partial charge in [-0.05, 0) is 71.0 Å². The second-order valence-corrected chi connectivity index (χ2v) is 9.61. The lowest BCUT2D eigenvalue weighted by molar-refractivity contribution is 0.0888. The zero-order valence-corrected chi connectivity index (χ0v) is 22.1. The Balaban J connectivity index is 1.49. The van der Waals surface area contributed by atoms with Gasteiger partial charge < -0.3 is 19.2 Å². The molecule has 0 saturated carbocycles. The maximum Gasteiger partial charge on any atom is 0.252 e. The number of nitrogens with zero attached hydrogens (tertiary/aromatic N) is 5. The van der Waals surface area contributed by atoms with Crippen LogP contribution in [0, 0.1) is 0 Å². The molecule has 3 heterocycles. The molecule has 1 saturated heterocycles. The van der Waals surface area contributed by atoms with Crippen molar-refractivity contribution in [3.05, 3.63) is 75.8 Å². The molecule has 38 heavy (non-hydrogen) atoms. The molecule has 0 radical (unpaired) electrons. The topological polar surface area (TPSA) is 107 Å². The fourth-order valence-corrected chi connectivity index (χ4v) is 5.10. The molecular formula is C28H34N6O4. The number of hydrogen-bond donors (Lipinski definition) is 1. The summed E-state index contributed by atoms with van der Waals surface area (Å²) in [5, 5.41) is 13.7. The summed E-state index contributed by atoms with van der Waals surface area (Å²) in [6, 6.07) is 15.5. The molecule has 0 bridgehead atoms. The molecular weight excluding hydrogens is 484 g/mol. The molecule has 1 aliphatic rings. The fourth-order valence-electron chi connectivity index (χ4n) is 5.10. The van der Waals surface area contributed by atoms with Crippen molar-refractivity contribution < 1.29 is 14.2 Å². The molecule has 0 spiro atoms. The van der Waals surface area contributed by atoms with Crippen LogP contribution in [0.25, 0.3) is 10.9 Å². The average Bonchev–Trinajstić information content (AvgIpc) is 3.62. The van der Waals surface area contributed by atoms with Crippen LogP contribution in [0.1, 0.15) is 49.2 Å². The van der Waals surface area contributed by atoms with Gasteiger partial charge in [-0.2, -0.15) is 0 Å². The van der Waals surface area contributed by atoms with E-state index in [1.165, 1.54) is 0 Å². The molecule has 10 nitrogen and oxygen atoms in total. The zero-order chi connectivity index (χ0) is 26.5. The summed E-state index contributed by atoms with van der Waals surface area (Å²) in [5.74, 6) is 2.28. The smallest absolute Gasteiger partial charge is 0.252 e. The molecule has 2 aromatic carbocycles. The van der Waals surface area contributed by atoms with E-state index < -0.39 is 0 Å². The number of pyridine rings is 1. The Bertz CT molecular complexity index is 1410. The van der Waals surface area contributed by atoms with Crippen molar-refractivity contribution >= 4 is 10.9 Å². The van der Waals surface area contributed by atoms with Crippen molar-refractivity contribution in [1.82, 2.24) is 30.1 Å². The van der Waals surface area contributed by atoms with Gasteiger partial charge in [0.05, 0.1) is 38.4 Å². The molecule has 0 aliphatic carbocycles. The molecule has 1 N–H and O–H groups in total. The number of aromatic nitrogens is 5. The number of H-pyrrole nitrogens is 1. The highest BCUT2D eigenvalue weighted by Gasteiger charge is 2.28. The first kappa shape index (κ1) is 25.9. The van der Waals surface area contributed by atoms with Crippen LogP contribution >= 0.6 is 0 Å². The third-order valence-electron chi connectivity index (χ3n) is 7.13. The number of aromatic amines is 1. The lowest BCUT2D eigenvalue weighted by Gasteiger charge is -2.30. The molecule has 0 unspecified atom stereocenters. The van der Waals surface area contributed by atoms with Gasteiger partial charge >= 0.3 is 0 Å². The van der Waals surface area contributed by atoms with E-state index in [2.05, 4.69) is 32.3 Å². The van der Waals surface area contributed by atoms with E-state index in [4.69, 9.17) is 14.2 Å². The maximum absolute atomic E-state index is 13.2. The minimum Gasteiger partial charge on any atom is -0.497 e. The van der Waals surface area contributed by atoms with Gasteiger partial charge in [-0.3, -0.25) is 9.69 Å². The minimum absolute atomic E-state index is 0.112. The summed E-state index contributed by atoms with van der Waals surface area (Å²) in [4.78, 5) is 18.5. The van der Waals surface area contributed by atoms with Crippen molar-refractivity contribution in [1.29, 1.82) is 0 Å². The van der Waals surface area contributed by atoms with E-state index in [9.17, 15) is 4.79 Å². The van der Waals surface area contributed by atoms with Crippen LogP contribution in [-0.4, -0.2) is 57.0 Å². The number of tetrazole rings is 1. The van der Waals surface area contributed by atoms with Crippen molar-refractivity contribution in [3.8, 4) is 11.5 Å². The fraction of sp³-hybridized carbons (Fsp3) is 0.429. The Labute approximate surface area is 221 Å². The quantitative estimate of drug-likeness (QED) is 0.319. The number of ether oxygens (including phenoxy) is 3. The van der Waals surface area contributed by atoms with Crippen LogP contribution in [-0.2, 0) is 24.4 Å². The van der Waals surface area contributed by atoms with Crippen LogP contribution in [0.2, 0.25) is 0 Å². The van der Waals surface area contributed by atoms with Crippen molar-refractivity contribution in [3.63, 3.8) is 0 Å². The summed E-state index contributed by atoms with van der Waals surface area (Å²) in [5.41, 5.74) is 2.39. The number of methoxy groups -OCH3 is 2. The summed E-state index contributed by atoms with van der Waals surface area (Å²) >= 11 is 0. The predicted molar refractivity (Wildman–Crippen MR) is 143 cm³/mol. The monoisotopic (exact) mass is 518 g/mol. The summed E-state index contributed by atoms with van der Waals surface area (Å²) in [6.45, 7) is 4.55. The molecule has 2 atom stereocenters. The lowest BCUT2D eigenvalue weighted by atomic mass is 10.1. The highest BCUT2D eigenvalue weighted by Crippen LogP contribution is 2.28. The van der Waals surface area contributed by atoms with Crippen LogP contribution in [0.3, 0.4) is 0 Å². The summed E-state index contributed by atoms with van der Waals surface area (Å²) < 4.78 is 18.4. The van der Waals surface area contributed by atoms with E-state index in [0.717, 1.165) is 53.9 Å². The van der Waals surface area contributed by atoms with Crippen LogP contribution in [0.15, 0.2) is 53.3 Å². The van der Waals surface area contributed by atoms with Gasteiger partial charge in [-0.1, -0.05) is 19.1 Å². The Hall–Kier alpha value is -3.76. The minimum atomic E-state index is -0.126. The Kier molecular flexibility index (Phi) is 8.00. The Morgan fingerprint density at radius 3 is 2.61 bits per heavy atom. The largest absolute Gasteiger partial charge is 0.497 e. The summed E-state index contributed by atoms with van der Waals surface area (Å²) in [6.07, 6.45) is 2.94. The number of benzene rings is 2. The molecule has 4 aromatic rings. The number of rotatable bonds is 11. The Morgan fingerprint density at radius 1 is 1.11 bits per heavy atom. The highest BCUT2D eigenvalue weighted by molar-refractivity contribution is 5.80. The standard InChI is InChI=1S/C28H34N6O4/c1-4-26(27-30-31-32-34(27)18-24-6-5-13-38-24)33(16-19-7-10-22(36-2)11-8-19)17-21-14-20-9-12-23(37-3)15-25(20)29-28(21)35/h7-12,14-15,24,26H,4-6,13,16-18H2,1-3H3,(H,29,35)/t24-,26-/m1/s1. The maximum atomic E-state index is 13.2. The first-order valence-corrected chi connectivity index (χ1v) is 13.0. The van der Waals surface area contributed by atoms with Crippen LogP contribution in [0.4, 0.5) is 0 Å². The lowest BCUT2D eigenvalue weighted by Crippen LogP contribution is -2.33. The van der Waals surface area contributed by atoms with Gasteiger partial charge in [0.15, 0.2) is 5.82 Å². The second kappa shape index (κ2) is 11.7. The molecule has 10 heteroatoms. The van der Waals surface area contributed by atoms with Gasteiger partial charge in [0.25, 0.3) is 5.56 Å². The van der Waals surface area contributed by atoms with Gasteiger partial charge in [0.2, 0.25) is 0 Å². The third-order valence-corrected chi connectivity index (χ3v) is 7.13. The van der Waals surface area contributed by atoms with Crippen molar-refractivity contribution in [2.75, 3.05) is 20.8 Å². The molecule has 0 amide bonds. The van der Waals surface area contributed by atoms with E-state index in [1.54, 1.807) is 14.2 Å². The SMILES string of the molecule is CC[C@H](c1nnnn1C[C@H]1CCCO1)N(Cc1ccc(OC)cc1)Cc1cc2ccc(OC)cc2[nH]c1=O. The molecule has 1 aliphatic heterocycles. The second-order valence-electron chi connectivity index (χ2n) is 9.61. The first-order chi connectivity index (χ1) is 18.6. The van der Waals surface area contributed by atoms with Crippen molar-refractivity contribution in [2.24, 2.45) is 0 Å².